The van der Waals surface area contributed by atoms with Crippen LogP contribution in [-0.2, 0) is 9.59 Å². The maximum absolute atomic E-state index is 12.0. The van der Waals surface area contributed by atoms with Crippen molar-refractivity contribution in [1.82, 2.24) is 5.43 Å². The van der Waals surface area contributed by atoms with E-state index in [2.05, 4.69) is 15.8 Å². The van der Waals surface area contributed by atoms with Gasteiger partial charge in [0.15, 0.2) is 11.5 Å². The molecule has 0 aliphatic rings. The molecule has 160 valence electrons. The number of ether oxygens (including phenoxy) is 2. The van der Waals surface area contributed by atoms with Crippen molar-refractivity contribution >= 4 is 35.3 Å². The van der Waals surface area contributed by atoms with Crippen molar-refractivity contribution in [1.29, 1.82) is 0 Å². The molecule has 0 aliphatic carbocycles. The first kappa shape index (κ1) is 23.2. The van der Waals surface area contributed by atoms with Gasteiger partial charge in [0, 0.05) is 23.6 Å². The summed E-state index contributed by atoms with van der Waals surface area (Å²) < 4.78 is 11.1. The van der Waals surface area contributed by atoms with Crippen molar-refractivity contribution < 1.29 is 19.1 Å². The minimum atomic E-state index is -0.362. The number of hydrogen-bond donors (Lipinski definition) is 2. The molecule has 2 N–H and O–H groups in total. The van der Waals surface area contributed by atoms with Gasteiger partial charge in [0.25, 0.3) is 0 Å². The van der Waals surface area contributed by atoms with Gasteiger partial charge in [0.1, 0.15) is 0 Å². The number of benzene rings is 2. The third-order valence-electron chi connectivity index (χ3n) is 4.01. The summed E-state index contributed by atoms with van der Waals surface area (Å²) in [7, 11) is 0. The highest BCUT2D eigenvalue weighted by atomic mass is 35.5. The predicted molar refractivity (Wildman–Crippen MR) is 119 cm³/mol. The van der Waals surface area contributed by atoms with Gasteiger partial charge in [0.05, 0.1) is 19.4 Å². The minimum absolute atomic E-state index is 0.0102. The molecule has 0 saturated heterocycles. The van der Waals surface area contributed by atoms with Crippen molar-refractivity contribution in [2.75, 3.05) is 18.5 Å². The lowest BCUT2D eigenvalue weighted by Gasteiger charge is -2.11. The molecule has 30 heavy (non-hydrogen) atoms. The standard InChI is InChI=1S/C22H26ClN3O4/c1-4-29-19-9-7-16(12-20(19)30-5-2)14-24-26-22(28)11-10-21(27)25-17-8-6-15(3)18(23)13-17/h6-9,12-14H,4-5,10-11H2,1-3H3,(H,25,27)(H,26,28). The fourth-order valence-electron chi connectivity index (χ4n) is 2.50. The van der Waals surface area contributed by atoms with Crippen molar-refractivity contribution in [2.24, 2.45) is 5.10 Å². The number of nitrogens with zero attached hydrogens (tertiary/aromatic N) is 1. The van der Waals surface area contributed by atoms with Crippen LogP contribution >= 0.6 is 11.6 Å². The van der Waals surface area contributed by atoms with Gasteiger partial charge in [-0.3, -0.25) is 9.59 Å². The van der Waals surface area contributed by atoms with Crippen LogP contribution in [0.4, 0.5) is 5.69 Å². The predicted octanol–water partition coefficient (Wildman–Crippen LogP) is 4.31. The lowest BCUT2D eigenvalue weighted by atomic mass is 10.2. The summed E-state index contributed by atoms with van der Waals surface area (Å²) >= 11 is 6.04. The zero-order valence-corrected chi connectivity index (χ0v) is 18.1. The Bertz CT molecular complexity index is 915. The summed E-state index contributed by atoms with van der Waals surface area (Å²) in [5, 5.41) is 7.22. The van der Waals surface area contributed by atoms with E-state index in [4.69, 9.17) is 21.1 Å². The molecular formula is C22H26ClN3O4. The Morgan fingerprint density at radius 1 is 1.00 bits per heavy atom. The van der Waals surface area contributed by atoms with Gasteiger partial charge in [-0.2, -0.15) is 5.10 Å². The monoisotopic (exact) mass is 431 g/mol. The molecule has 0 atom stereocenters. The van der Waals surface area contributed by atoms with E-state index in [1.165, 1.54) is 6.21 Å². The molecule has 0 bridgehead atoms. The van der Waals surface area contributed by atoms with Crippen molar-refractivity contribution in [3.8, 4) is 11.5 Å². The zero-order valence-electron chi connectivity index (χ0n) is 17.3. The Morgan fingerprint density at radius 3 is 2.40 bits per heavy atom. The highest BCUT2D eigenvalue weighted by Crippen LogP contribution is 2.28. The summed E-state index contributed by atoms with van der Waals surface area (Å²) in [5.74, 6) is 0.630. The second kappa shape index (κ2) is 11.8. The third-order valence-corrected chi connectivity index (χ3v) is 4.41. The maximum Gasteiger partial charge on any atom is 0.240 e. The molecule has 8 heteroatoms. The second-order valence-corrected chi connectivity index (χ2v) is 6.78. The topological polar surface area (TPSA) is 89.0 Å². The van der Waals surface area contributed by atoms with Crippen molar-refractivity contribution in [2.45, 2.75) is 33.6 Å². The highest BCUT2D eigenvalue weighted by molar-refractivity contribution is 6.31. The Hall–Kier alpha value is -3.06. The summed E-state index contributed by atoms with van der Waals surface area (Å²) in [6.45, 7) is 6.71. The lowest BCUT2D eigenvalue weighted by molar-refractivity contribution is -0.124. The number of anilines is 1. The number of aryl methyl sites for hydroxylation is 1. The van der Waals surface area contributed by atoms with Gasteiger partial charge < -0.3 is 14.8 Å². The van der Waals surface area contributed by atoms with E-state index in [0.717, 1.165) is 11.1 Å². The minimum Gasteiger partial charge on any atom is -0.490 e. The SMILES string of the molecule is CCOc1ccc(C=NNC(=O)CCC(=O)Nc2ccc(C)c(Cl)c2)cc1OCC. The molecule has 0 radical (unpaired) electrons. The van der Waals surface area contributed by atoms with Crippen LogP contribution in [-0.4, -0.2) is 31.2 Å². The van der Waals surface area contributed by atoms with Crippen molar-refractivity contribution in [3.05, 3.63) is 52.5 Å². The maximum atomic E-state index is 12.0. The van der Waals surface area contributed by atoms with E-state index < -0.39 is 0 Å². The van der Waals surface area contributed by atoms with Gasteiger partial charge in [-0.05, 0) is 62.2 Å². The number of hydrazone groups is 1. The number of nitrogens with one attached hydrogen (secondary N) is 2. The summed E-state index contributed by atoms with van der Waals surface area (Å²) in [6.07, 6.45) is 1.55. The van der Waals surface area contributed by atoms with Gasteiger partial charge in [0.2, 0.25) is 11.8 Å². The Morgan fingerprint density at radius 2 is 1.70 bits per heavy atom. The molecule has 0 heterocycles. The molecule has 0 aliphatic heterocycles. The Balaban J connectivity index is 1.82. The number of carbonyl (C=O) groups is 2. The van der Waals surface area contributed by atoms with Crippen LogP contribution in [0.1, 0.15) is 37.8 Å². The molecule has 7 nitrogen and oxygen atoms in total. The van der Waals surface area contributed by atoms with E-state index in [1.807, 2.05) is 32.9 Å². The van der Waals surface area contributed by atoms with E-state index >= 15 is 0 Å². The first-order valence-electron chi connectivity index (χ1n) is 9.70. The van der Waals surface area contributed by atoms with E-state index in [-0.39, 0.29) is 24.7 Å². The Labute approximate surface area is 181 Å². The molecule has 2 aromatic carbocycles. The van der Waals surface area contributed by atoms with Crippen LogP contribution in [0.3, 0.4) is 0 Å². The zero-order chi connectivity index (χ0) is 21.9. The third kappa shape index (κ3) is 7.40. The van der Waals surface area contributed by atoms with Gasteiger partial charge in [-0.25, -0.2) is 5.43 Å². The van der Waals surface area contributed by atoms with Crippen LogP contribution < -0.4 is 20.2 Å². The number of rotatable bonds is 10. The number of carbonyl (C=O) groups excluding carboxylic acids is 2. The molecule has 0 spiro atoms. The van der Waals surface area contributed by atoms with Crippen LogP contribution in [0, 0.1) is 6.92 Å². The molecule has 2 amide bonds. The highest BCUT2D eigenvalue weighted by Gasteiger charge is 2.08. The quantitative estimate of drug-likeness (QED) is 0.433. The second-order valence-electron chi connectivity index (χ2n) is 6.38. The first-order chi connectivity index (χ1) is 14.4. The fraction of sp³-hybridized carbons (Fsp3) is 0.318. The van der Waals surface area contributed by atoms with E-state index in [9.17, 15) is 9.59 Å². The molecular weight excluding hydrogens is 406 g/mol. The molecule has 0 fully saturated rings. The Kier molecular flexibility index (Phi) is 9.15. The molecule has 0 aromatic heterocycles. The van der Waals surface area contributed by atoms with Gasteiger partial charge in [-0.1, -0.05) is 17.7 Å². The van der Waals surface area contributed by atoms with Crippen LogP contribution in [0.5, 0.6) is 11.5 Å². The molecule has 2 rings (SSSR count). The van der Waals surface area contributed by atoms with Gasteiger partial charge >= 0.3 is 0 Å². The largest absolute Gasteiger partial charge is 0.490 e. The normalized spacial score (nSPS) is 10.7. The van der Waals surface area contributed by atoms with E-state index in [0.29, 0.717) is 35.4 Å². The summed E-state index contributed by atoms with van der Waals surface area (Å²) in [6, 6.07) is 10.6. The average molecular weight is 432 g/mol. The number of hydrogen-bond acceptors (Lipinski definition) is 5. The van der Waals surface area contributed by atoms with Crippen LogP contribution in [0.15, 0.2) is 41.5 Å². The number of halogens is 1. The summed E-state index contributed by atoms with van der Waals surface area (Å²) in [5.41, 5.74) is 4.68. The van der Waals surface area contributed by atoms with Gasteiger partial charge in [-0.15, -0.1) is 0 Å². The van der Waals surface area contributed by atoms with Crippen LogP contribution in [0.25, 0.3) is 0 Å². The summed E-state index contributed by atoms with van der Waals surface area (Å²) in [4.78, 5) is 23.9. The molecule has 2 aromatic rings. The fourth-order valence-corrected chi connectivity index (χ4v) is 2.68. The lowest BCUT2D eigenvalue weighted by Crippen LogP contribution is -2.20. The van der Waals surface area contributed by atoms with E-state index in [1.54, 1.807) is 24.3 Å². The smallest absolute Gasteiger partial charge is 0.240 e. The molecule has 0 unspecified atom stereocenters. The first-order valence-corrected chi connectivity index (χ1v) is 10.1. The van der Waals surface area contributed by atoms with Crippen molar-refractivity contribution in [3.63, 3.8) is 0 Å². The van der Waals surface area contributed by atoms with Crippen LogP contribution in [0.2, 0.25) is 5.02 Å². The number of amides is 2. The molecule has 0 saturated carbocycles. The average Bonchev–Trinajstić information content (AvgIpc) is 2.71.